The molecule has 2 aromatic carbocycles. The minimum atomic E-state index is -0.463. The molecule has 9 nitrogen and oxygen atoms in total. The van der Waals surface area contributed by atoms with E-state index in [1.54, 1.807) is 30.7 Å². The van der Waals surface area contributed by atoms with Crippen LogP contribution in [-0.4, -0.2) is 50.6 Å². The van der Waals surface area contributed by atoms with Crippen molar-refractivity contribution in [2.75, 3.05) is 31.1 Å². The molecule has 0 saturated carbocycles. The van der Waals surface area contributed by atoms with E-state index in [-0.39, 0.29) is 12.2 Å². The number of fused-ring (bicyclic) bond motifs is 1. The summed E-state index contributed by atoms with van der Waals surface area (Å²) in [6, 6.07) is 20.0. The summed E-state index contributed by atoms with van der Waals surface area (Å²) in [5.41, 5.74) is 2.68. The second-order valence-electron chi connectivity index (χ2n) is 9.33. The van der Waals surface area contributed by atoms with E-state index in [4.69, 9.17) is 19.4 Å². The maximum Gasteiger partial charge on any atom is 0.215 e. The van der Waals surface area contributed by atoms with Gasteiger partial charge in [0.15, 0.2) is 0 Å². The summed E-state index contributed by atoms with van der Waals surface area (Å²) < 4.78 is 27.6. The van der Waals surface area contributed by atoms with Gasteiger partial charge in [-0.2, -0.15) is 10.2 Å². The first-order valence-electron chi connectivity index (χ1n) is 12.7. The summed E-state index contributed by atoms with van der Waals surface area (Å²) in [5, 5.41) is 8.92. The number of halogens is 1. The molecule has 0 unspecified atom stereocenters. The van der Waals surface area contributed by atoms with Crippen molar-refractivity contribution in [3.63, 3.8) is 0 Å². The zero-order chi connectivity index (χ0) is 26.6. The van der Waals surface area contributed by atoms with Gasteiger partial charge in [-0.25, -0.2) is 14.4 Å². The van der Waals surface area contributed by atoms with Crippen molar-refractivity contribution < 1.29 is 13.5 Å². The van der Waals surface area contributed by atoms with Crippen LogP contribution in [0.5, 0.6) is 5.88 Å². The number of oxazole rings is 1. The van der Waals surface area contributed by atoms with Crippen molar-refractivity contribution in [3.8, 4) is 11.9 Å². The van der Waals surface area contributed by atoms with Crippen molar-refractivity contribution in [2.45, 2.75) is 19.7 Å². The molecule has 0 atom stereocenters. The molecule has 0 spiro atoms. The molecule has 1 aliphatic heterocycles. The third-order valence-corrected chi connectivity index (χ3v) is 6.84. The van der Waals surface area contributed by atoms with E-state index in [1.165, 1.54) is 6.07 Å². The molecular formula is C29H26FN7O2. The van der Waals surface area contributed by atoms with Crippen LogP contribution in [0.15, 0.2) is 77.5 Å². The number of anilines is 1. The first kappa shape index (κ1) is 24.6. The molecule has 1 saturated heterocycles. The molecule has 4 heterocycles. The van der Waals surface area contributed by atoms with E-state index in [2.05, 4.69) is 30.4 Å². The molecule has 6 rings (SSSR count). The summed E-state index contributed by atoms with van der Waals surface area (Å²) in [6.07, 6.45) is 3.25. The predicted octanol–water partition coefficient (Wildman–Crippen LogP) is 4.38. The van der Waals surface area contributed by atoms with Crippen LogP contribution < -0.4 is 9.64 Å². The van der Waals surface area contributed by atoms with Crippen LogP contribution in [0.3, 0.4) is 0 Å². The topological polar surface area (TPSA) is 96.2 Å². The van der Waals surface area contributed by atoms with Gasteiger partial charge in [0.2, 0.25) is 11.8 Å². The molecule has 5 aromatic rings. The van der Waals surface area contributed by atoms with Crippen LogP contribution in [-0.2, 0) is 19.7 Å². The number of rotatable bonds is 8. The van der Waals surface area contributed by atoms with Gasteiger partial charge in [0.1, 0.15) is 36.9 Å². The highest BCUT2D eigenvalue weighted by molar-refractivity contribution is 5.76. The SMILES string of the molecule is N#Cc1ccc(COc2cccc(N3CCN(Cc4nc5ccccc5n4Cc4ncco4)CC3)n2)c(F)c1. The molecule has 0 radical (unpaired) electrons. The lowest BCUT2D eigenvalue weighted by molar-refractivity contribution is 0.240. The Kier molecular flexibility index (Phi) is 6.89. The zero-order valence-electron chi connectivity index (χ0n) is 21.2. The fraction of sp³-hybridized carbons (Fsp3) is 0.241. The Morgan fingerprint density at radius 1 is 0.974 bits per heavy atom. The number of nitriles is 1. The Morgan fingerprint density at radius 2 is 1.85 bits per heavy atom. The van der Waals surface area contributed by atoms with Gasteiger partial charge < -0.3 is 18.6 Å². The third kappa shape index (κ3) is 5.44. The summed E-state index contributed by atoms with van der Waals surface area (Å²) in [7, 11) is 0. The van der Waals surface area contributed by atoms with Crippen LogP contribution in [0.4, 0.5) is 10.2 Å². The van der Waals surface area contributed by atoms with E-state index >= 15 is 0 Å². The van der Waals surface area contributed by atoms with Crippen molar-refractivity contribution in [1.82, 2.24) is 24.4 Å². The van der Waals surface area contributed by atoms with Crippen LogP contribution in [0.1, 0.15) is 22.8 Å². The molecule has 1 fully saturated rings. The van der Waals surface area contributed by atoms with Crippen LogP contribution in [0, 0.1) is 17.1 Å². The van der Waals surface area contributed by atoms with Crippen molar-refractivity contribution in [3.05, 3.63) is 102 Å². The molecular weight excluding hydrogens is 497 g/mol. The predicted molar refractivity (Wildman–Crippen MR) is 143 cm³/mol. The highest BCUT2D eigenvalue weighted by Gasteiger charge is 2.21. The normalized spacial score (nSPS) is 14.0. The van der Waals surface area contributed by atoms with Gasteiger partial charge in [0.05, 0.1) is 35.4 Å². The van der Waals surface area contributed by atoms with Crippen molar-refractivity contribution >= 4 is 16.9 Å². The standard InChI is InChI=1S/C29H26FN7O2/c30-23-16-21(17-31)8-9-22(23)20-39-28-7-3-6-26(34-28)36-13-11-35(12-14-36)18-27-33-24-4-1-2-5-25(24)37(27)19-29-32-10-15-38-29/h1-10,15-16H,11-14,18-20H2. The lowest BCUT2D eigenvalue weighted by atomic mass is 10.1. The number of aromatic nitrogens is 4. The second kappa shape index (κ2) is 10.9. The van der Waals surface area contributed by atoms with Crippen molar-refractivity contribution in [2.24, 2.45) is 0 Å². The number of pyridine rings is 1. The Morgan fingerprint density at radius 3 is 2.64 bits per heavy atom. The number of imidazole rings is 1. The Labute approximate surface area is 224 Å². The largest absolute Gasteiger partial charge is 0.473 e. The summed E-state index contributed by atoms with van der Waals surface area (Å²) >= 11 is 0. The van der Waals surface area contributed by atoms with Crippen molar-refractivity contribution in [1.29, 1.82) is 5.26 Å². The maximum absolute atomic E-state index is 14.2. The monoisotopic (exact) mass is 523 g/mol. The Bertz CT molecular complexity index is 1620. The molecule has 0 bridgehead atoms. The van der Waals surface area contributed by atoms with E-state index in [0.717, 1.165) is 55.4 Å². The van der Waals surface area contributed by atoms with Crippen LogP contribution >= 0.6 is 0 Å². The number of piperazine rings is 1. The van der Waals surface area contributed by atoms with Gasteiger partial charge in [-0.1, -0.05) is 24.3 Å². The highest BCUT2D eigenvalue weighted by atomic mass is 19.1. The van der Waals surface area contributed by atoms with E-state index in [0.29, 0.717) is 23.9 Å². The number of para-hydroxylation sites is 2. The summed E-state index contributed by atoms with van der Waals surface area (Å²) in [4.78, 5) is 18.5. The fourth-order valence-corrected chi connectivity index (χ4v) is 4.77. The molecule has 0 N–H and O–H groups in total. The van der Waals surface area contributed by atoms with E-state index < -0.39 is 5.82 Å². The first-order valence-corrected chi connectivity index (χ1v) is 12.7. The minimum absolute atomic E-state index is 0.0380. The summed E-state index contributed by atoms with van der Waals surface area (Å²) in [6.45, 7) is 4.61. The highest BCUT2D eigenvalue weighted by Crippen LogP contribution is 2.22. The lowest BCUT2D eigenvalue weighted by Crippen LogP contribution is -2.46. The van der Waals surface area contributed by atoms with Gasteiger partial charge in [-0.05, 0) is 30.3 Å². The van der Waals surface area contributed by atoms with E-state index in [1.807, 2.05) is 36.4 Å². The average Bonchev–Trinajstić information content (AvgIpc) is 3.61. The average molecular weight is 524 g/mol. The van der Waals surface area contributed by atoms with E-state index in [9.17, 15) is 4.39 Å². The molecule has 1 aliphatic rings. The molecule has 10 heteroatoms. The summed E-state index contributed by atoms with van der Waals surface area (Å²) in [5.74, 6) is 2.42. The van der Waals surface area contributed by atoms with Gasteiger partial charge in [-0.15, -0.1) is 0 Å². The lowest BCUT2D eigenvalue weighted by Gasteiger charge is -2.35. The number of hydrogen-bond donors (Lipinski definition) is 0. The number of benzene rings is 2. The smallest absolute Gasteiger partial charge is 0.215 e. The molecule has 0 aliphatic carbocycles. The number of ether oxygens (including phenoxy) is 1. The molecule has 196 valence electrons. The Balaban J connectivity index is 1.09. The first-order chi connectivity index (χ1) is 19.2. The zero-order valence-corrected chi connectivity index (χ0v) is 21.2. The van der Waals surface area contributed by atoms with Crippen LogP contribution in [0.25, 0.3) is 11.0 Å². The van der Waals surface area contributed by atoms with Gasteiger partial charge in [0.25, 0.3) is 0 Å². The maximum atomic E-state index is 14.2. The van der Waals surface area contributed by atoms with Gasteiger partial charge in [-0.3, -0.25) is 4.90 Å². The van der Waals surface area contributed by atoms with Crippen LogP contribution in [0.2, 0.25) is 0 Å². The Hall–Kier alpha value is -4.75. The fourth-order valence-electron chi connectivity index (χ4n) is 4.77. The second-order valence-corrected chi connectivity index (χ2v) is 9.33. The molecule has 0 amide bonds. The van der Waals surface area contributed by atoms with Gasteiger partial charge >= 0.3 is 0 Å². The molecule has 39 heavy (non-hydrogen) atoms. The minimum Gasteiger partial charge on any atom is -0.473 e. The molecule has 3 aromatic heterocycles. The third-order valence-electron chi connectivity index (χ3n) is 6.84. The number of nitrogens with zero attached hydrogens (tertiary/aromatic N) is 7. The van der Waals surface area contributed by atoms with Gasteiger partial charge in [0, 0.05) is 37.8 Å². The number of hydrogen-bond acceptors (Lipinski definition) is 8. The quantitative estimate of drug-likeness (QED) is 0.296.